The molecule has 0 saturated carbocycles. The summed E-state index contributed by atoms with van der Waals surface area (Å²) in [4.78, 5) is 17.6. The molecule has 9 heteroatoms. The first-order valence-corrected chi connectivity index (χ1v) is 6.87. The standard InChI is InChI=1S/C9H5Cl2FN2O3S/c10-5-1-4-7(2-6(5)11)13-8(14-9(4)15)3-18(12,16)17/h1-2H,3H2,(H,13,14,15). The molecule has 18 heavy (non-hydrogen) atoms. The fraction of sp³-hybridized carbons (Fsp3) is 0.111. The van der Waals surface area contributed by atoms with Crippen LogP contribution >= 0.6 is 23.2 Å². The lowest BCUT2D eigenvalue weighted by Gasteiger charge is -2.02. The van der Waals surface area contributed by atoms with E-state index in [9.17, 15) is 17.1 Å². The zero-order chi connectivity index (χ0) is 13.5. The molecule has 1 N–H and O–H groups in total. The number of fused-ring (bicyclic) bond motifs is 1. The van der Waals surface area contributed by atoms with Gasteiger partial charge in [0.2, 0.25) is 0 Å². The van der Waals surface area contributed by atoms with E-state index in [-0.39, 0.29) is 26.8 Å². The molecule has 5 nitrogen and oxygen atoms in total. The molecule has 0 unspecified atom stereocenters. The molecule has 0 spiro atoms. The normalized spacial score (nSPS) is 11.9. The van der Waals surface area contributed by atoms with Crippen molar-refractivity contribution in [1.29, 1.82) is 0 Å². The van der Waals surface area contributed by atoms with E-state index in [1.165, 1.54) is 12.1 Å². The number of hydrogen-bond donors (Lipinski definition) is 1. The lowest BCUT2D eigenvalue weighted by atomic mass is 10.2. The van der Waals surface area contributed by atoms with Crippen molar-refractivity contribution in [3.05, 3.63) is 38.4 Å². The Kier molecular flexibility index (Phi) is 3.31. The summed E-state index contributed by atoms with van der Waals surface area (Å²) in [7, 11) is -4.77. The van der Waals surface area contributed by atoms with Crippen molar-refractivity contribution >= 4 is 44.3 Å². The third-order valence-corrected chi connectivity index (χ3v) is 3.45. The lowest BCUT2D eigenvalue weighted by molar-refractivity contribution is 0.549. The molecule has 0 atom stereocenters. The van der Waals surface area contributed by atoms with E-state index in [4.69, 9.17) is 23.2 Å². The van der Waals surface area contributed by atoms with E-state index >= 15 is 0 Å². The summed E-state index contributed by atoms with van der Waals surface area (Å²) < 4.78 is 33.5. The highest BCUT2D eigenvalue weighted by molar-refractivity contribution is 7.85. The van der Waals surface area contributed by atoms with Crippen molar-refractivity contribution < 1.29 is 12.3 Å². The zero-order valence-electron chi connectivity index (χ0n) is 8.58. The van der Waals surface area contributed by atoms with Crippen LogP contribution in [0.15, 0.2) is 16.9 Å². The summed E-state index contributed by atoms with van der Waals surface area (Å²) in [5.74, 6) is -1.30. The topological polar surface area (TPSA) is 79.9 Å². The Morgan fingerprint density at radius 3 is 2.50 bits per heavy atom. The van der Waals surface area contributed by atoms with E-state index in [2.05, 4.69) is 9.97 Å². The van der Waals surface area contributed by atoms with Gasteiger partial charge in [-0.25, -0.2) is 4.98 Å². The number of benzene rings is 1. The molecule has 0 aliphatic heterocycles. The van der Waals surface area contributed by atoms with Gasteiger partial charge in [-0.3, -0.25) is 4.79 Å². The fourth-order valence-corrected chi connectivity index (χ4v) is 2.20. The maximum absolute atomic E-state index is 12.5. The molecule has 0 aliphatic rings. The minimum absolute atomic E-state index is 0.143. The molecular formula is C9H5Cl2FN2O3S. The van der Waals surface area contributed by atoms with E-state index in [1.54, 1.807) is 0 Å². The van der Waals surface area contributed by atoms with Crippen LogP contribution in [-0.2, 0) is 16.0 Å². The average molecular weight is 311 g/mol. The largest absolute Gasteiger partial charge is 0.309 e. The number of H-pyrrole nitrogens is 1. The smallest absolute Gasteiger partial charge is 0.309 e. The van der Waals surface area contributed by atoms with Crippen LogP contribution in [0.5, 0.6) is 0 Å². The second-order valence-electron chi connectivity index (χ2n) is 3.48. The monoisotopic (exact) mass is 310 g/mol. The van der Waals surface area contributed by atoms with Crippen molar-refractivity contribution in [2.24, 2.45) is 0 Å². The van der Waals surface area contributed by atoms with Crippen molar-refractivity contribution in [2.75, 3.05) is 0 Å². The van der Waals surface area contributed by atoms with Gasteiger partial charge < -0.3 is 4.98 Å². The molecule has 2 aromatic rings. The van der Waals surface area contributed by atoms with E-state index in [0.717, 1.165) is 0 Å². The molecule has 0 saturated heterocycles. The predicted molar refractivity (Wildman–Crippen MR) is 66.1 cm³/mol. The van der Waals surface area contributed by atoms with Crippen molar-refractivity contribution in [1.82, 2.24) is 9.97 Å². The quantitative estimate of drug-likeness (QED) is 0.861. The van der Waals surface area contributed by atoms with Crippen molar-refractivity contribution in [3.8, 4) is 0 Å². The number of nitrogens with one attached hydrogen (secondary N) is 1. The number of halogens is 3. The average Bonchev–Trinajstić information content (AvgIpc) is 2.18. The van der Waals surface area contributed by atoms with Crippen LogP contribution in [0.25, 0.3) is 10.9 Å². The van der Waals surface area contributed by atoms with Gasteiger partial charge in [0.25, 0.3) is 5.56 Å². The molecule has 0 aliphatic carbocycles. The first-order valence-electron chi connectivity index (χ1n) is 4.56. The Morgan fingerprint density at radius 1 is 1.28 bits per heavy atom. The number of rotatable bonds is 2. The van der Waals surface area contributed by atoms with Crippen LogP contribution in [-0.4, -0.2) is 18.4 Å². The number of aromatic amines is 1. The van der Waals surface area contributed by atoms with E-state index in [1.807, 2.05) is 0 Å². The van der Waals surface area contributed by atoms with Gasteiger partial charge in [0, 0.05) is 0 Å². The van der Waals surface area contributed by atoms with Crippen LogP contribution in [0, 0.1) is 0 Å². The minimum Gasteiger partial charge on any atom is -0.309 e. The summed E-state index contributed by atoms with van der Waals surface area (Å²) in [6.07, 6.45) is 0. The van der Waals surface area contributed by atoms with Crippen molar-refractivity contribution in [3.63, 3.8) is 0 Å². The minimum atomic E-state index is -4.77. The Labute approximate surface area is 111 Å². The molecular weight excluding hydrogens is 306 g/mol. The van der Waals surface area contributed by atoms with Gasteiger partial charge in [-0.15, -0.1) is 3.89 Å². The van der Waals surface area contributed by atoms with Crippen LogP contribution in [0.3, 0.4) is 0 Å². The number of nitrogens with zero attached hydrogens (tertiary/aromatic N) is 1. The second kappa shape index (κ2) is 4.49. The highest BCUT2D eigenvalue weighted by Gasteiger charge is 2.13. The number of aromatic nitrogens is 2. The second-order valence-corrected chi connectivity index (χ2v) is 5.66. The van der Waals surface area contributed by atoms with E-state index < -0.39 is 21.5 Å². The molecule has 96 valence electrons. The Hall–Kier alpha value is -1.18. The molecule has 1 aromatic carbocycles. The van der Waals surface area contributed by atoms with Crippen LogP contribution in [0.2, 0.25) is 10.0 Å². The summed E-state index contributed by atoms with van der Waals surface area (Å²) in [6.45, 7) is 0. The third-order valence-electron chi connectivity index (χ3n) is 2.11. The molecule has 2 rings (SSSR count). The van der Waals surface area contributed by atoms with Gasteiger partial charge in [-0.05, 0) is 12.1 Å². The van der Waals surface area contributed by atoms with Crippen LogP contribution in [0.4, 0.5) is 3.89 Å². The van der Waals surface area contributed by atoms with Crippen molar-refractivity contribution in [2.45, 2.75) is 5.75 Å². The molecule has 1 heterocycles. The molecule has 0 bridgehead atoms. The Balaban J connectivity index is 2.69. The van der Waals surface area contributed by atoms with Gasteiger partial charge in [-0.2, -0.15) is 8.42 Å². The van der Waals surface area contributed by atoms with Gasteiger partial charge >= 0.3 is 10.2 Å². The summed E-state index contributed by atoms with van der Waals surface area (Å²) in [6, 6.07) is 2.61. The lowest BCUT2D eigenvalue weighted by Crippen LogP contribution is -2.13. The Bertz CT molecular complexity index is 788. The highest BCUT2D eigenvalue weighted by Crippen LogP contribution is 2.25. The highest BCUT2D eigenvalue weighted by atomic mass is 35.5. The summed E-state index contributed by atoms with van der Waals surface area (Å²) in [5.41, 5.74) is -0.469. The summed E-state index contributed by atoms with van der Waals surface area (Å²) in [5, 5.41) is 0.475. The van der Waals surface area contributed by atoms with E-state index in [0.29, 0.717) is 0 Å². The predicted octanol–water partition coefficient (Wildman–Crippen LogP) is 2.03. The van der Waals surface area contributed by atoms with Crippen LogP contribution < -0.4 is 5.56 Å². The van der Waals surface area contributed by atoms with Gasteiger partial charge in [0.05, 0.1) is 20.9 Å². The van der Waals surface area contributed by atoms with Gasteiger partial charge in [0.15, 0.2) is 0 Å². The van der Waals surface area contributed by atoms with Gasteiger partial charge in [0.1, 0.15) is 11.6 Å². The van der Waals surface area contributed by atoms with Crippen LogP contribution in [0.1, 0.15) is 5.82 Å². The third kappa shape index (κ3) is 2.80. The fourth-order valence-electron chi connectivity index (χ4n) is 1.41. The maximum Gasteiger partial charge on any atom is 0.309 e. The van der Waals surface area contributed by atoms with Gasteiger partial charge in [-0.1, -0.05) is 23.2 Å². The maximum atomic E-state index is 12.5. The first-order chi connectivity index (χ1) is 8.26. The Morgan fingerprint density at radius 2 is 1.89 bits per heavy atom. The first kappa shape index (κ1) is 13.3. The summed E-state index contributed by atoms with van der Waals surface area (Å²) >= 11 is 11.5. The molecule has 0 radical (unpaired) electrons. The number of hydrogen-bond acceptors (Lipinski definition) is 4. The zero-order valence-corrected chi connectivity index (χ0v) is 10.9. The SMILES string of the molecule is O=c1[nH]c(CS(=O)(=O)F)nc2cc(Cl)c(Cl)cc12. The molecule has 0 fully saturated rings. The molecule has 1 aromatic heterocycles. The molecule has 0 amide bonds.